The molecule has 17 heavy (non-hydrogen) atoms. The molecular formula is C13H21N3O. The Bertz CT molecular complexity index is 350. The first-order chi connectivity index (χ1) is 8.25. The smallest absolute Gasteiger partial charge is 0.129 e. The summed E-state index contributed by atoms with van der Waals surface area (Å²) in [7, 11) is 0. The van der Waals surface area contributed by atoms with Crippen LogP contribution in [0.4, 0.5) is 5.82 Å². The molecule has 0 spiro atoms. The minimum Gasteiger partial charge on any atom is -0.379 e. The van der Waals surface area contributed by atoms with E-state index < -0.39 is 0 Å². The molecule has 0 amide bonds. The standard InChI is InChI=1S/C13H21N3O/c1-10(2)17-7-3-6-14-13-8-12(11-4-5-11)15-9-16-13/h8-11H,3-7H2,1-2H3,(H,14,15,16). The van der Waals surface area contributed by atoms with Gasteiger partial charge < -0.3 is 10.1 Å². The number of ether oxygens (including phenoxy) is 1. The Labute approximate surface area is 103 Å². The molecule has 0 atom stereocenters. The lowest BCUT2D eigenvalue weighted by Crippen LogP contribution is -2.10. The van der Waals surface area contributed by atoms with Gasteiger partial charge in [-0.15, -0.1) is 0 Å². The molecule has 1 fully saturated rings. The fourth-order valence-corrected chi connectivity index (χ4v) is 1.68. The second-order valence-corrected chi connectivity index (χ2v) is 4.80. The normalized spacial score (nSPS) is 15.2. The molecule has 0 bridgehead atoms. The van der Waals surface area contributed by atoms with E-state index in [4.69, 9.17) is 4.74 Å². The van der Waals surface area contributed by atoms with Crippen LogP contribution in [0.3, 0.4) is 0 Å². The van der Waals surface area contributed by atoms with Crippen LogP contribution in [0.5, 0.6) is 0 Å². The van der Waals surface area contributed by atoms with E-state index in [0.717, 1.165) is 25.4 Å². The summed E-state index contributed by atoms with van der Waals surface area (Å²) in [5, 5.41) is 3.31. The Morgan fingerprint density at radius 2 is 2.24 bits per heavy atom. The lowest BCUT2D eigenvalue weighted by molar-refractivity contribution is 0.0787. The zero-order valence-corrected chi connectivity index (χ0v) is 10.6. The van der Waals surface area contributed by atoms with Crippen molar-refractivity contribution >= 4 is 5.82 Å². The Morgan fingerprint density at radius 1 is 1.41 bits per heavy atom. The van der Waals surface area contributed by atoms with Gasteiger partial charge in [0.1, 0.15) is 12.1 Å². The third kappa shape index (κ3) is 4.30. The van der Waals surface area contributed by atoms with E-state index in [9.17, 15) is 0 Å². The average Bonchev–Trinajstić information content (AvgIpc) is 3.12. The van der Waals surface area contributed by atoms with Crippen LogP contribution < -0.4 is 5.32 Å². The summed E-state index contributed by atoms with van der Waals surface area (Å²) in [5.74, 6) is 1.62. The Kier molecular flexibility index (Phi) is 4.31. The number of nitrogens with one attached hydrogen (secondary N) is 1. The summed E-state index contributed by atoms with van der Waals surface area (Å²) in [5.41, 5.74) is 1.18. The fraction of sp³-hybridized carbons (Fsp3) is 0.692. The molecule has 0 aromatic carbocycles. The van der Waals surface area contributed by atoms with Crippen molar-refractivity contribution in [1.29, 1.82) is 0 Å². The van der Waals surface area contributed by atoms with Gasteiger partial charge in [0.2, 0.25) is 0 Å². The summed E-state index contributed by atoms with van der Waals surface area (Å²) in [4.78, 5) is 8.51. The van der Waals surface area contributed by atoms with Crippen molar-refractivity contribution in [3.05, 3.63) is 18.1 Å². The summed E-state index contributed by atoms with van der Waals surface area (Å²) >= 11 is 0. The first kappa shape index (κ1) is 12.3. The largest absolute Gasteiger partial charge is 0.379 e. The van der Waals surface area contributed by atoms with Gasteiger partial charge in [0.25, 0.3) is 0 Å². The van der Waals surface area contributed by atoms with Crippen molar-refractivity contribution in [3.8, 4) is 0 Å². The monoisotopic (exact) mass is 235 g/mol. The van der Waals surface area contributed by atoms with E-state index in [2.05, 4.69) is 35.2 Å². The van der Waals surface area contributed by atoms with Gasteiger partial charge in [-0.05, 0) is 33.1 Å². The van der Waals surface area contributed by atoms with Gasteiger partial charge in [-0.25, -0.2) is 9.97 Å². The van der Waals surface area contributed by atoms with E-state index >= 15 is 0 Å². The molecule has 0 aliphatic heterocycles. The second-order valence-electron chi connectivity index (χ2n) is 4.80. The van der Waals surface area contributed by atoms with Crippen LogP contribution in [-0.4, -0.2) is 29.2 Å². The van der Waals surface area contributed by atoms with Gasteiger partial charge in [0.05, 0.1) is 6.10 Å². The summed E-state index contributed by atoms with van der Waals surface area (Å²) < 4.78 is 5.48. The highest BCUT2D eigenvalue weighted by molar-refractivity contribution is 5.36. The first-order valence-electron chi connectivity index (χ1n) is 6.43. The van der Waals surface area contributed by atoms with Crippen LogP contribution in [0, 0.1) is 0 Å². The minimum atomic E-state index is 0.315. The van der Waals surface area contributed by atoms with Gasteiger partial charge in [0, 0.05) is 30.8 Å². The molecule has 4 heteroatoms. The third-order valence-corrected chi connectivity index (χ3v) is 2.76. The predicted octanol–water partition coefficient (Wildman–Crippen LogP) is 2.58. The number of nitrogens with zero attached hydrogens (tertiary/aromatic N) is 2. The number of anilines is 1. The first-order valence-corrected chi connectivity index (χ1v) is 6.43. The van der Waals surface area contributed by atoms with Crippen LogP contribution >= 0.6 is 0 Å². The fourth-order valence-electron chi connectivity index (χ4n) is 1.68. The third-order valence-electron chi connectivity index (χ3n) is 2.76. The van der Waals surface area contributed by atoms with Crippen LogP contribution in [0.25, 0.3) is 0 Å². The molecular weight excluding hydrogens is 214 g/mol. The Balaban J connectivity index is 1.69. The van der Waals surface area contributed by atoms with Crippen molar-refractivity contribution in [2.24, 2.45) is 0 Å². The molecule has 1 heterocycles. The number of hydrogen-bond acceptors (Lipinski definition) is 4. The maximum atomic E-state index is 5.48. The Morgan fingerprint density at radius 3 is 2.94 bits per heavy atom. The van der Waals surface area contributed by atoms with Crippen LogP contribution in [0.15, 0.2) is 12.4 Å². The summed E-state index contributed by atoms with van der Waals surface area (Å²) in [6.07, 6.45) is 5.52. The molecule has 1 aromatic heterocycles. The van der Waals surface area contributed by atoms with Crippen LogP contribution in [-0.2, 0) is 4.74 Å². The zero-order chi connectivity index (χ0) is 12.1. The SMILES string of the molecule is CC(C)OCCCNc1cc(C2CC2)ncn1. The number of rotatable bonds is 7. The van der Waals surface area contributed by atoms with Crippen molar-refractivity contribution < 1.29 is 4.74 Å². The zero-order valence-electron chi connectivity index (χ0n) is 10.6. The maximum Gasteiger partial charge on any atom is 0.129 e. The maximum absolute atomic E-state index is 5.48. The molecule has 1 aromatic rings. The molecule has 1 aliphatic carbocycles. The molecule has 1 aliphatic rings. The van der Waals surface area contributed by atoms with Crippen LogP contribution in [0.2, 0.25) is 0 Å². The van der Waals surface area contributed by atoms with Crippen molar-refractivity contribution in [2.75, 3.05) is 18.5 Å². The molecule has 0 saturated heterocycles. The quantitative estimate of drug-likeness (QED) is 0.738. The van der Waals surface area contributed by atoms with Crippen LogP contribution in [0.1, 0.15) is 44.7 Å². The topological polar surface area (TPSA) is 47.0 Å². The molecule has 2 rings (SSSR count). The molecule has 0 radical (unpaired) electrons. The highest BCUT2D eigenvalue weighted by Crippen LogP contribution is 2.39. The van der Waals surface area contributed by atoms with E-state index in [1.807, 2.05) is 0 Å². The van der Waals surface area contributed by atoms with Gasteiger partial charge in [-0.2, -0.15) is 0 Å². The average molecular weight is 235 g/mol. The van der Waals surface area contributed by atoms with Gasteiger partial charge in [-0.3, -0.25) is 0 Å². The number of hydrogen-bond donors (Lipinski definition) is 1. The highest BCUT2D eigenvalue weighted by atomic mass is 16.5. The molecule has 4 nitrogen and oxygen atoms in total. The summed E-state index contributed by atoms with van der Waals surface area (Å²) in [6.45, 7) is 5.80. The van der Waals surface area contributed by atoms with Gasteiger partial charge in [-0.1, -0.05) is 0 Å². The molecule has 0 unspecified atom stereocenters. The molecule has 1 N–H and O–H groups in total. The minimum absolute atomic E-state index is 0.315. The van der Waals surface area contributed by atoms with Crippen molar-refractivity contribution in [3.63, 3.8) is 0 Å². The Hall–Kier alpha value is -1.16. The lowest BCUT2D eigenvalue weighted by atomic mass is 10.3. The van der Waals surface area contributed by atoms with E-state index in [1.54, 1.807) is 6.33 Å². The van der Waals surface area contributed by atoms with Crippen molar-refractivity contribution in [2.45, 2.75) is 45.1 Å². The summed E-state index contributed by atoms with van der Waals surface area (Å²) in [6, 6.07) is 2.07. The number of aromatic nitrogens is 2. The van der Waals surface area contributed by atoms with Gasteiger partial charge in [0.15, 0.2) is 0 Å². The van der Waals surface area contributed by atoms with E-state index in [-0.39, 0.29) is 0 Å². The van der Waals surface area contributed by atoms with Gasteiger partial charge >= 0.3 is 0 Å². The lowest BCUT2D eigenvalue weighted by Gasteiger charge is -2.08. The van der Waals surface area contributed by atoms with Crippen molar-refractivity contribution in [1.82, 2.24) is 9.97 Å². The predicted molar refractivity (Wildman–Crippen MR) is 68.2 cm³/mol. The highest BCUT2D eigenvalue weighted by Gasteiger charge is 2.25. The van der Waals surface area contributed by atoms with E-state index in [1.165, 1.54) is 18.5 Å². The molecule has 1 saturated carbocycles. The second kappa shape index (κ2) is 5.96. The van der Waals surface area contributed by atoms with E-state index in [0.29, 0.717) is 12.0 Å². The molecule has 94 valence electrons.